The monoisotopic (exact) mass is 504 g/mol. The fraction of sp³-hybridized carbons (Fsp3) is 0.200. The van der Waals surface area contributed by atoms with E-state index in [0.29, 0.717) is 21.5 Å². The summed E-state index contributed by atoms with van der Waals surface area (Å²) in [5.41, 5.74) is 1.45. The number of rotatable bonds is 3. The van der Waals surface area contributed by atoms with Gasteiger partial charge in [0.05, 0.1) is 33.3 Å². The second kappa shape index (κ2) is 9.93. The number of aromatic nitrogens is 6. The highest BCUT2D eigenvalue weighted by Gasteiger charge is 2.18. The van der Waals surface area contributed by atoms with Gasteiger partial charge < -0.3 is 20.3 Å². The highest BCUT2D eigenvalue weighted by atomic mass is 16.7. The molecule has 0 aliphatic carbocycles. The lowest BCUT2D eigenvalue weighted by molar-refractivity contribution is 0.0971. The quantitative estimate of drug-likeness (QED) is 0.310. The number of benzene rings is 1. The molecule has 0 saturated carbocycles. The number of aryl methyl sites for hydroxylation is 2. The van der Waals surface area contributed by atoms with Crippen molar-refractivity contribution in [3.8, 4) is 11.5 Å². The lowest BCUT2D eigenvalue weighted by atomic mass is 10.2. The van der Waals surface area contributed by atoms with E-state index < -0.39 is 11.1 Å². The minimum Gasteiger partial charge on any atom is -0.507 e. The van der Waals surface area contributed by atoms with Gasteiger partial charge >= 0.3 is 0 Å². The molecule has 1 aromatic carbocycles. The van der Waals surface area contributed by atoms with Gasteiger partial charge in [-0.15, -0.1) is 9.46 Å². The van der Waals surface area contributed by atoms with E-state index in [1.54, 1.807) is 20.8 Å². The molecule has 0 atom stereocenters. The van der Waals surface area contributed by atoms with Crippen molar-refractivity contribution in [1.82, 2.24) is 29.4 Å². The van der Waals surface area contributed by atoms with Gasteiger partial charge in [-0.2, -0.15) is 0 Å². The van der Waals surface area contributed by atoms with Crippen molar-refractivity contribution in [2.24, 2.45) is 0 Å². The van der Waals surface area contributed by atoms with Crippen LogP contribution in [0, 0.1) is 27.7 Å². The van der Waals surface area contributed by atoms with Crippen LogP contribution in [0.15, 0.2) is 52.6 Å². The zero-order chi connectivity index (χ0) is 26.9. The number of nitrogens with zero attached hydrogens (tertiary/aromatic N) is 6. The van der Waals surface area contributed by atoms with E-state index in [4.69, 9.17) is 4.84 Å². The van der Waals surface area contributed by atoms with Gasteiger partial charge in [0.25, 0.3) is 11.1 Å². The van der Waals surface area contributed by atoms with Crippen molar-refractivity contribution in [1.29, 1.82) is 0 Å². The molecule has 0 radical (unpaired) electrons. The van der Waals surface area contributed by atoms with Crippen LogP contribution in [0.2, 0.25) is 0 Å². The highest BCUT2D eigenvalue weighted by Crippen LogP contribution is 2.26. The summed E-state index contributed by atoms with van der Waals surface area (Å²) in [6.45, 7) is 6.61. The van der Waals surface area contributed by atoms with E-state index in [2.05, 4.69) is 19.9 Å². The molecule has 12 heteroatoms. The van der Waals surface area contributed by atoms with Crippen molar-refractivity contribution >= 4 is 22.1 Å². The SMILES string of the molecule is Cc1c(O)c2c(C)ncnc2n(O)c1=O.Cc1c(O)c2c(C)ncnc2n(OCc2ccccc2)c1=O. The molecule has 190 valence electrons. The molecule has 0 unspecified atom stereocenters. The highest BCUT2D eigenvalue weighted by molar-refractivity contribution is 5.85. The Morgan fingerprint density at radius 2 is 1.27 bits per heavy atom. The van der Waals surface area contributed by atoms with Gasteiger partial charge in [0, 0.05) is 0 Å². The zero-order valence-corrected chi connectivity index (χ0v) is 20.5. The molecule has 3 N–H and O–H groups in total. The van der Waals surface area contributed by atoms with Crippen LogP contribution >= 0.6 is 0 Å². The molecule has 4 aromatic heterocycles. The predicted molar refractivity (Wildman–Crippen MR) is 134 cm³/mol. The standard InChI is InChI=1S/C16H15N3O3.C9H9N3O3/c1-10-14(20)13-11(2)17-9-18-15(13)19(16(10)21)22-8-12-6-4-3-5-7-12;1-4-7(13)6-5(2)10-3-11-8(6)12(15)9(4)14/h3-7,9,20H,8H2,1-2H3;3,13,15H,1-2H3. The van der Waals surface area contributed by atoms with Crippen LogP contribution in [0.1, 0.15) is 28.1 Å². The summed E-state index contributed by atoms with van der Waals surface area (Å²) in [7, 11) is 0. The fourth-order valence-electron chi connectivity index (χ4n) is 3.71. The first-order chi connectivity index (χ1) is 17.6. The Hall–Kier alpha value is -5.00. The molecule has 0 aliphatic heterocycles. The average molecular weight is 505 g/mol. The van der Waals surface area contributed by atoms with Gasteiger partial charge in [0.1, 0.15) is 30.8 Å². The van der Waals surface area contributed by atoms with Crippen LogP contribution in [0.3, 0.4) is 0 Å². The second-order valence-corrected chi connectivity index (χ2v) is 8.24. The third-order valence-electron chi connectivity index (χ3n) is 5.83. The van der Waals surface area contributed by atoms with E-state index in [0.717, 1.165) is 10.3 Å². The minimum atomic E-state index is -0.682. The van der Waals surface area contributed by atoms with E-state index in [-0.39, 0.29) is 45.9 Å². The van der Waals surface area contributed by atoms with Gasteiger partial charge in [0.15, 0.2) is 11.3 Å². The lowest BCUT2D eigenvalue weighted by Gasteiger charge is -2.14. The van der Waals surface area contributed by atoms with Crippen LogP contribution in [0.5, 0.6) is 11.5 Å². The minimum absolute atomic E-state index is 0.00981. The third kappa shape index (κ3) is 4.51. The maximum absolute atomic E-state index is 12.4. The van der Waals surface area contributed by atoms with Gasteiger partial charge in [-0.1, -0.05) is 30.3 Å². The van der Waals surface area contributed by atoms with E-state index in [1.807, 2.05) is 30.3 Å². The van der Waals surface area contributed by atoms with Crippen LogP contribution < -0.4 is 16.0 Å². The topological polar surface area (TPSA) is 165 Å². The average Bonchev–Trinajstić information content (AvgIpc) is 2.90. The Morgan fingerprint density at radius 3 is 1.86 bits per heavy atom. The number of pyridine rings is 2. The summed E-state index contributed by atoms with van der Waals surface area (Å²) in [4.78, 5) is 45.2. The molecule has 0 bridgehead atoms. The molecule has 0 fully saturated rings. The van der Waals surface area contributed by atoms with E-state index in [1.165, 1.54) is 19.6 Å². The largest absolute Gasteiger partial charge is 0.507 e. The van der Waals surface area contributed by atoms with Gasteiger partial charge in [0.2, 0.25) is 0 Å². The Balaban J connectivity index is 0.000000186. The van der Waals surface area contributed by atoms with E-state index >= 15 is 0 Å². The zero-order valence-electron chi connectivity index (χ0n) is 20.5. The van der Waals surface area contributed by atoms with Gasteiger partial charge in [-0.3, -0.25) is 9.59 Å². The van der Waals surface area contributed by atoms with E-state index in [9.17, 15) is 25.0 Å². The molecular weight excluding hydrogens is 480 g/mol. The van der Waals surface area contributed by atoms with Crippen LogP contribution in [-0.2, 0) is 6.61 Å². The first kappa shape index (κ1) is 25.1. The van der Waals surface area contributed by atoms with Gasteiger partial charge in [-0.25, -0.2) is 19.9 Å². The summed E-state index contributed by atoms with van der Waals surface area (Å²) in [6, 6.07) is 9.51. The molecule has 12 nitrogen and oxygen atoms in total. The molecule has 0 spiro atoms. The number of hydrogen-bond acceptors (Lipinski definition) is 10. The Bertz CT molecular complexity index is 1750. The summed E-state index contributed by atoms with van der Waals surface area (Å²) in [5, 5.41) is 30.1. The fourth-order valence-corrected chi connectivity index (χ4v) is 3.71. The predicted octanol–water partition coefficient (Wildman–Crippen LogP) is 2.09. The molecule has 0 saturated heterocycles. The van der Waals surface area contributed by atoms with Crippen LogP contribution in [0.4, 0.5) is 0 Å². The van der Waals surface area contributed by atoms with Crippen LogP contribution in [0.25, 0.3) is 22.1 Å². The number of fused-ring (bicyclic) bond motifs is 2. The van der Waals surface area contributed by atoms with Crippen molar-refractivity contribution in [2.75, 3.05) is 0 Å². The molecule has 5 rings (SSSR count). The number of hydrogen-bond donors (Lipinski definition) is 3. The summed E-state index contributed by atoms with van der Waals surface area (Å²) < 4.78 is 1.53. The molecular formula is C25H24N6O6. The summed E-state index contributed by atoms with van der Waals surface area (Å²) >= 11 is 0. The Morgan fingerprint density at radius 1 is 0.757 bits per heavy atom. The summed E-state index contributed by atoms with van der Waals surface area (Å²) in [5.74, 6) is -0.281. The first-order valence-electron chi connectivity index (χ1n) is 11.1. The van der Waals surface area contributed by atoms with Crippen molar-refractivity contribution < 1.29 is 20.3 Å². The smallest absolute Gasteiger partial charge is 0.291 e. The normalized spacial score (nSPS) is 10.8. The molecule has 4 heterocycles. The lowest BCUT2D eigenvalue weighted by Crippen LogP contribution is -2.29. The molecule has 0 aliphatic rings. The van der Waals surface area contributed by atoms with Gasteiger partial charge in [-0.05, 0) is 33.3 Å². The third-order valence-corrected chi connectivity index (χ3v) is 5.83. The second-order valence-electron chi connectivity index (χ2n) is 8.24. The first-order valence-corrected chi connectivity index (χ1v) is 11.1. The van der Waals surface area contributed by atoms with Crippen LogP contribution in [-0.4, -0.2) is 44.8 Å². The molecule has 37 heavy (non-hydrogen) atoms. The maximum atomic E-state index is 12.4. The Kier molecular flexibility index (Phi) is 6.74. The molecule has 5 aromatic rings. The van der Waals surface area contributed by atoms with Crippen molar-refractivity contribution in [3.63, 3.8) is 0 Å². The molecule has 0 amide bonds. The Labute approximate surface area is 209 Å². The maximum Gasteiger partial charge on any atom is 0.291 e. The van der Waals surface area contributed by atoms with Crippen molar-refractivity contribution in [3.05, 3.63) is 91.8 Å². The van der Waals surface area contributed by atoms with Crippen molar-refractivity contribution in [2.45, 2.75) is 34.3 Å². The number of aromatic hydroxyl groups is 2. The summed E-state index contributed by atoms with van der Waals surface area (Å²) in [6.07, 6.45) is 2.56.